The van der Waals surface area contributed by atoms with E-state index < -0.39 is 0 Å². The Labute approximate surface area is 177 Å². The van der Waals surface area contributed by atoms with E-state index in [9.17, 15) is 0 Å². The summed E-state index contributed by atoms with van der Waals surface area (Å²) in [6, 6.07) is 12.3. The smallest absolute Gasteiger partial charge is 0.191 e. The lowest BCUT2D eigenvalue weighted by Gasteiger charge is -2.15. The average Bonchev–Trinajstić information content (AvgIpc) is 3.18. The maximum Gasteiger partial charge on any atom is 0.191 e. The number of hydrogen-bond donors (Lipinski definition) is 2. The molecule has 0 spiro atoms. The summed E-state index contributed by atoms with van der Waals surface area (Å²) in [5.74, 6) is 4.56. The molecule has 6 heteroatoms. The van der Waals surface area contributed by atoms with E-state index in [-0.39, 0.29) is 24.0 Å². The van der Waals surface area contributed by atoms with Gasteiger partial charge in [0.15, 0.2) is 5.96 Å². The van der Waals surface area contributed by atoms with Crippen molar-refractivity contribution in [3.8, 4) is 18.1 Å². The second kappa shape index (κ2) is 12.6. The van der Waals surface area contributed by atoms with E-state index >= 15 is 0 Å². The number of guanidine groups is 1. The molecule has 1 aromatic carbocycles. The largest absolute Gasteiger partial charge is 0.481 e. The fourth-order valence-corrected chi connectivity index (χ4v) is 3.13. The highest BCUT2D eigenvalue weighted by molar-refractivity contribution is 14.0. The second-order valence-corrected chi connectivity index (χ2v) is 6.66. The number of nitrogens with one attached hydrogen (secondary N) is 2. The SMILES string of the molecule is C#CCOc1ccc(CCNC(=NC)NCC(C)c2cccs2)cc1.I. The van der Waals surface area contributed by atoms with Crippen LogP contribution in [0.1, 0.15) is 23.3 Å². The Morgan fingerprint density at radius 1 is 1.27 bits per heavy atom. The van der Waals surface area contributed by atoms with Crippen molar-refractivity contribution in [3.63, 3.8) is 0 Å². The summed E-state index contributed by atoms with van der Waals surface area (Å²) in [5, 5.41) is 8.85. The van der Waals surface area contributed by atoms with Gasteiger partial charge in [0.2, 0.25) is 0 Å². The summed E-state index contributed by atoms with van der Waals surface area (Å²) in [7, 11) is 1.79. The highest BCUT2D eigenvalue weighted by Gasteiger charge is 2.07. The van der Waals surface area contributed by atoms with Gasteiger partial charge in [0.25, 0.3) is 0 Å². The predicted molar refractivity (Wildman–Crippen MR) is 122 cm³/mol. The number of halogens is 1. The van der Waals surface area contributed by atoms with Crippen LogP contribution in [0.4, 0.5) is 0 Å². The molecule has 26 heavy (non-hydrogen) atoms. The highest BCUT2D eigenvalue weighted by atomic mass is 127. The second-order valence-electron chi connectivity index (χ2n) is 5.68. The molecular weight excluding hydrogens is 457 g/mol. The first kappa shape index (κ1) is 22.3. The minimum Gasteiger partial charge on any atom is -0.481 e. The first-order valence-electron chi connectivity index (χ1n) is 8.36. The van der Waals surface area contributed by atoms with E-state index in [1.165, 1.54) is 10.4 Å². The summed E-state index contributed by atoms with van der Waals surface area (Å²) >= 11 is 1.79. The van der Waals surface area contributed by atoms with Crippen LogP contribution in [-0.2, 0) is 6.42 Å². The third-order valence-corrected chi connectivity index (χ3v) is 4.88. The number of nitrogens with zero attached hydrogens (tertiary/aromatic N) is 1. The average molecular weight is 483 g/mol. The number of rotatable bonds is 8. The first-order chi connectivity index (χ1) is 12.2. The number of terminal acetylenes is 1. The van der Waals surface area contributed by atoms with Crippen LogP contribution < -0.4 is 15.4 Å². The Morgan fingerprint density at radius 2 is 2.04 bits per heavy atom. The van der Waals surface area contributed by atoms with Gasteiger partial charge in [0.1, 0.15) is 12.4 Å². The van der Waals surface area contributed by atoms with Gasteiger partial charge in [-0.2, -0.15) is 0 Å². The molecule has 2 N–H and O–H groups in total. The molecule has 4 nitrogen and oxygen atoms in total. The molecule has 140 valence electrons. The molecule has 1 aromatic heterocycles. The summed E-state index contributed by atoms with van der Waals surface area (Å²) in [6.07, 6.45) is 6.10. The van der Waals surface area contributed by atoms with Gasteiger partial charge in [-0.1, -0.05) is 31.0 Å². The zero-order valence-corrected chi connectivity index (χ0v) is 18.3. The van der Waals surface area contributed by atoms with Crippen molar-refractivity contribution in [1.82, 2.24) is 10.6 Å². The molecule has 0 saturated carbocycles. The fraction of sp³-hybridized carbons (Fsp3) is 0.350. The normalized spacial score (nSPS) is 11.8. The van der Waals surface area contributed by atoms with Gasteiger partial charge < -0.3 is 15.4 Å². The molecule has 0 amide bonds. The van der Waals surface area contributed by atoms with E-state index in [1.807, 2.05) is 12.1 Å². The molecule has 1 heterocycles. The molecule has 2 rings (SSSR count). The Kier molecular flexibility index (Phi) is 10.8. The Balaban J connectivity index is 0.00000338. The van der Waals surface area contributed by atoms with E-state index in [0.717, 1.165) is 31.2 Å². The van der Waals surface area contributed by atoms with Gasteiger partial charge >= 0.3 is 0 Å². The predicted octanol–water partition coefficient (Wildman–Crippen LogP) is 3.89. The highest BCUT2D eigenvalue weighted by Crippen LogP contribution is 2.19. The van der Waals surface area contributed by atoms with Crippen LogP contribution in [0.2, 0.25) is 0 Å². The number of benzene rings is 1. The summed E-state index contributed by atoms with van der Waals surface area (Å²) in [6.45, 7) is 4.20. The molecular formula is C20H26IN3OS. The van der Waals surface area contributed by atoms with Crippen LogP contribution in [0.15, 0.2) is 46.8 Å². The Morgan fingerprint density at radius 3 is 2.65 bits per heavy atom. The van der Waals surface area contributed by atoms with E-state index in [1.54, 1.807) is 18.4 Å². The minimum absolute atomic E-state index is 0. The van der Waals surface area contributed by atoms with Crippen molar-refractivity contribution < 1.29 is 4.74 Å². The van der Waals surface area contributed by atoms with Crippen molar-refractivity contribution in [2.45, 2.75) is 19.3 Å². The van der Waals surface area contributed by atoms with E-state index in [2.05, 4.69) is 58.1 Å². The molecule has 0 radical (unpaired) electrons. The molecule has 1 unspecified atom stereocenters. The first-order valence-corrected chi connectivity index (χ1v) is 9.24. The lowest BCUT2D eigenvalue weighted by molar-refractivity contribution is 0.370. The van der Waals surface area contributed by atoms with Gasteiger partial charge in [0, 0.05) is 30.9 Å². The summed E-state index contributed by atoms with van der Waals surface area (Å²) in [4.78, 5) is 5.66. The van der Waals surface area contributed by atoms with Gasteiger partial charge in [-0.3, -0.25) is 4.99 Å². The maximum absolute atomic E-state index is 5.38. The molecule has 0 fully saturated rings. The number of aliphatic imine (C=N–C) groups is 1. The number of thiophene rings is 1. The van der Waals surface area contributed by atoms with Crippen molar-refractivity contribution in [2.24, 2.45) is 4.99 Å². The third-order valence-electron chi connectivity index (χ3n) is 3.78. The van der Waals surface area contributed by atoms with Crippen molar-refractivity contribution in [2.75, 3.05) is 26.7 Å². The van der Waals surface area contributed by atoms with Crippen molar-refractivity contribution >= 4 is 41.3 Å². The minimum atomic E-state index is 0. The lowest BCUT2D eigenvalue weighted by Crippen LogP contribution is -2.39. The topological polar surface area (TPSA) is 45.6 Å². The number of ether oxygens (including phenoxy) is 1. The zero-order chi connectivity index (χ0) is 17.9. The summed E-state index contributed by atoms with van der Waals surface area (Å²) in [5.41, 5.74) is 1.24. The van der Waals surface area contributed by atoms with Crippen LogP contribution in [0.25, 0.3) is 0 Å². The van der Waals surface area contributed by atoms with E-state index in [4.69, 9.17) is 11.2 Å². The standard InChI is InChI=1S/C20H25N3OS.HI/c1-4-13-24-18-9-7-17(8-10-18)11-12-22-20(21-3)23-15-16(2)19-6-5-14-25-19;/h1,5-10,14,16H,11-13,15H2,2-3H3,(H2,21,22,23);1H. The molecule has 0 bridgehead atoms. The summed E-state index contributed by atoms with van der Waals surface area (Å²) < 4.78 is 5.38. The van der Waals surface area contributed by atoms with Gasteiger partial charge in [-0.25, -0.2) is 0 Å². The lowest BCUT2D eigenvalue weighted by atomic mass is 10.1. The Bertz CT molecular complexity index is 693. The molecule has 1 atom stereocenters. The van der Waals surface area contributed by atoms with Crippen LogP contribution >= 0.6 is 35.3 Å². The molecule has 0 aliphatic heterocycles. The monoisotopic (exact) mass is 483 g/mol. The van der Waals surface area contributed by atoms with E-state index in [0.29, 0.717) is 12.5 Å². The molecule has 0 aliphatic rings. The molecule has 2 aromatic rings. The molecule has 0 saturated heterocycles. The zero-order valence-electron chi connectivity index (χ0n) is 15.2. The third kappa shape index (κ3) is 7.67. The van der Waals surface area contributed by atoms with Crippen LogP contribution in [0, 0.1) is 12.3 Å². The number of hydrogen-bond acceptors (Lipinski definition) is 3. The van der Waals surface area contributed by atoms with Crippen LogP contribution in [0.5, 0.6) is 5.75 Å². The van der Waals surface area contributed by atoms with Gasteiger partial charge in [-0.05, 0) is 35.6 Å². The maximum atomic E-state index is 5.38. The van der Waals surface area contributed by atoms with Crippen molar-refractivity contribution in [1.29, 1.82) is 0 Å². The fourth-order valence-electron chi connectivity index (χ4n) is 2.35. The quantitative estimate of drug-likeness (QED) is 0.259. The van der Waals surface area contributed by atoms with Gasteiger partial charge in [0.05, 0.1) is 0 Å². The Hall–Kier alpha value is -1.72. The van der Waals surface area contributed by atoms with Gasteiger partial charge in [-0.15, -0.1) is 41.7 Å². The van der Waals surface area contributed by atoms with Crippen LogP contribution in [0.3, 0.4) is 0 Å². The molecule has 0 aliphatic carbocycles. The van der Waals surface area contributed by atoms with Crippen LogP contribution in [-0.4, -0.2) is 32.7 Å². The van der Waals surface area contributed by atoms with Crippen molar-refractivity contribution in [3.05, 3.63) is 52.2 Å².